The van der Waals surface area contributed by atoms with Crippen molar-refractivity contribution in [3.8, 4) is 0 Å². The highest BCUT2D eigenvalue weighted by molar-refractivity contribution is 5.09. The van der Waals surface area contributed by atoms with Crippen molar-refractivity contribution in [2.75, 3.05) is 6.54 Å². The molecule has 3 nitrogen and oxygen atoms in total. The number of β-amino-alcohol motifs (C(OH)–C–C–N with tert-alkyl or cyclic N) is 1. The number of rotatable bonds is 3. The summed E-state index contributed by atoms with van der Waals surface area (Å²) in [5, 5.41) is 12.9. The molecule has 1 rings (SSSR count). The number of hydrogen-bond acceptors (Lipinski definition) is 3. The first-order valence-corrected chi connectivity index (χ1v) is 4.44. The van der Waals surface area contributed by atoms with Crippen molar-refractivity contribution in [2.24, 2.45) is 0 Å². The quantitative estimate of drug-likeness (QED) is 0.749. The van der Waals surface area contributed by atoms with E-state index in [-0.39, 0.29) is 5.54 Å². The van der Waals surface area contributed by atoms with Gasteiger partial charge in [0.25, 0.3) is 0 Å². The van der Waals surface area contributed by atoms with Crippen molar-refractivity contribution < 1.29 is 9.52 Å². The summed E-state index contributed by atoms with van der Waals surface area (Å²) < 4.78 is 4.88. The number of aliphatic hydroxyl groups is 1. The van der Waals surface area contributed by atoms with E-state index < -0.39 is 6.10 Å². The van der Waals surface area contributed by atoms with Crippen LogP contribution in [0.4, 0.5) is 0 Å². The monoisotopic (exact) mass is 183 g/mol. The predicted molar refractivity (Wildman–Crippen MR) is 51.4 cm³/mol. The fourth-order valence-corrected chi connectivity index (χ4v) is 0.985. The third-order valence-electron chi connectivity index (χ3n) is 1.75. The Balaban J connectivity index is 2.39. The van der Waals surface area contributed by atoms with Gasteiger partial charge in [0.15, 0.2) is 0 Å². The molecule has 0 saturated heterocycles. The van der Waals surface area contributed by atoms with Gasteiger partial charge in [0.2, 0.25) is 0 Å². The molecule has 1 heterocycles. The van der Waals surface area contributed by atoms with Crippen LogP contribution in [0.15, 0.2) is 23.0 Å². The maximum atomic E-state index is 9.65. The van der Waals surface area contributed by atoms with E-state index in [1.807, 2.05) is 0 Å². The van der Waals surface area contributed by atoms with Crippen molar-refractivity contribution in [3.63, 3.8) is 0 Å². The maximum Gasteiger partial charge on any atom is 0.0961 e. The van der Waals surface area contributed by atoms with E-state index in [9.17, 15) is 5.11 Å². The smallest absolute Gasteiger partial charge is 0.0961 e. The van der Waals surface area contributed by atoms with Gasteiger partial charge < -0.3 is 14.8 Å². The first-order chi connectivity index (χ1) is 5.99. The fraction of sp³-hybridized carbons (Fsp3) is 0.600. The van der Waals surface area contributed by atoms with Gasteiger partial charge in [0.1, 0.15) is 0 Å². The lowest BCUT2D eigenvalue weighted by atomic mass is 10.1. The van der Waals surface area contributed by atoms with E-state index in [1.165, 1.54) is 0 Å². The molecule has 3 heteroatoms. The van der Waals surface area contributed by atoms with Gasteiger partial charge in [-0.15, -0.1) is 0 Å². The van der Waals surface area contributed by atoms with E-state index >= 15 is 0 Å². The Bertz CT molecular complexity index is 236. The van der Waals surface area contributed by atoms with Crippen LogP contribution in [-0.4, -0.2) is 17.2 Å². The third kappa shape index (κ3) is 3.61. The Labute approximate surface area is 78.8 Å². The molecule has 1 aromatic rings. The van der Waals surface area contributed by atoms with Gasteiger partial charge in [-0.25, -0.2) is 0 Å². The minimum absolute atomic E-state index is 0.0325. The molecule has 1 unspecified atom stereocenters. The van der Waals surface area contributed by atoms with Crippen LogP contribution in [-0.2, 0) is 0 Å². The highest BCUT2D eigenvalue weighted by Gasteiger charge is 2.13. The number of furan rings is 1. The molecule has 0 spiro atoms. The molecule has 0 amide bonds. The summed E-state index contributed by atoms with van der Waals surface area (Å²) in [6, 6.07) is 1.77. The maximum absolute atomic E-state index is 9.65. The largest absolute Gasteiger partial charge is 0.472 e. The second-order valence-electron chi connectivity index (χ2n) is 4.20. The molecule has 0 fully saturated rings. The summed E-state index contributed by atoms with van der Waals surface area (Å²) in [7, 11) is 0. The normalized spacial score (nSPS) is 14.5. The average molecular weight is 183 g/mol. The third-order valence-corrected chi connectivity index (χ3v) is 1.75. The lowest BCUT2D eigenvalue weighted by Gasteiger charge is -2.22. The Hall–Kier alpha value is -0.800. The molecule has 0 aromatic carbocycles. The van der Waals surface area contributed by atoms with Crippen molar-refractivity contribution in [1.82, 2.24) is 5.32 Å². The summed E-state index contributed by atoms with van der Waals surface area (Å²) in [6.45, 7) is 6.74. The lowest BCUT2D eigenvalue weighted by Crippen LogP contribution is -2.38. The SMILES string of the molecule is CC(C)(C)NCC(O)c1ccoc1. The Kier molecular flexibility index (Phi) is 3.12. The second kappa shape index (κ2) is 3.94. The number of nitrogens with one attached hydrogen (secondary N) is 1. The summed E-state index contributed by atoms with van der Waals surface area (Å²) in [5.41, 5.74) is 0.849. The molecule has 0 saturated carbocycles. The zero-order chi connectivity index (χ0) is 9.90. The summed E-state index contributed by atoms with van der Waals surface area (Å²) in [4.78, 5) is 0. The zero-order valence-electron chi connectivity index (χ0n) is 8.37. The average Bonchev–Trinajstić information content (AvgIpc) is 2.50. The van der Waals surface area contributed by atoms with Crippen LogP contribution < -0.4 is 5.32 Å². The molecule has 0 aliphatic carbocycles. The van der Waals surface area contributed by atoms with Crippen LogP contribution in [0.3, 0.4) is 0 Å². The number of aliphatic hydroxyl groups excluding tert-OH is 1. The summed E-state index contributed by atoms with van der Waals surface area (Å²) >= 11 is 0. The molecule has 74 valence electrons. The Morgan fingerprint density at radius 1 is 1.54 bits per heavy atom. The molecule has 0 bridgehead atoms. The molecule has 1 atom stereocenters. The molecule has 13 heavy (non-hydrogen) atoms. The minimum Gasteiger partial charge on any atom is -0.472 e. The van der Waals surface area contributed by atoms with Crippen LogP contribution in [0.25, 0.3) is 0 Å². The van der Waals surface area contributed by atoms with E-state index in [1.54, 1.807) is 18.6 Å². The van der Waals surface area contributed by atoms with Gasteiger partial charge in [-0.1, -0.05) is 0 Å². The minimum atomic E-state index is -0.488. The molecular formula is C10H17NO2. The van der Waals surface area contributed by atoms with Crippen LogP contribution in [0.2, 0.25) is 0 Å². The van der Waals surface area contributed by atoms with Crippen molar-refractivity contribution in [1.29, 1.82) is 0 Å². The van der Waals surface area contributed by atoms with Gasteiger partial charge in [-0.05, 0) is 26.8 Å². The van der Waals surface area contributed by atoms with Gasteiger partial charge in [0.05, 0.1) is 18.6 Å². The van der Waals surface area contributed by atoms with E-state index in [2.05, 4.69) is 26.1 Å². The molecule has 0 aliphatic rings. The van der Waals surface area contributed by atoms with E-state index in [0.29, 0.717) is 6.54 Å². The van der Waals surface area contributed by atoms with Gasteiger partial charge in [-0.3, -0.25) is 0 Å². The standard InChI is InChI=1S/C10H17NO2/c1-10(2,3)11-6-9(12)8-4-5-13-7-8/h4-5,7,9,11-12H,6H2,1-3H3. The first kappa shape index (κ1) is 10.3. The van der Waals surface area contributed by atoms with Crippen LogP contribution >= 0.6 is 0 Å². The Morgan fingerprint density at radius 2 is 2.23 bits per heavy atom. The van der Waals surface area contributed by atoms with Gasteiger partial charge >= 0.3 is 0 Å². The topological polar surface area (TPSA) is 45.4 Å². The molecular weight excluding hydrogens is 166 g/mol. The molecule has 0 aliphatic heterocycles. The lowest BCUT2D eigenvalue weighted by molar-refractivity contribution is 0.162. The van der Waals surface area contributed by atoms with Crippen LogP contribution in [0, 0.1) is 0 Å². The van der Waals surface area contributed by atoms with Crippen molar-refractivity contribution >= 4 is 0 Å². The van der Waals surface area contributed by atoms with E-state index in [4.69, 9.17) is 4.42 Å². The number of hydrogen-bond donors (Lipinski definition) is 2. The molecule has 0 radical (unpaired) electrons. The Morgan fingerprint density at radius 3 is 2.69 bits per heavy atom. The van der Waals surface area contributed by atoms with Gasteiger partial charge in [-0.2, -0.15) is 0 Å². The highest BCUT2D eigenvalue weighted by atomic mass is 16.3. The van der Waals surface area contributed by atoms with Crippen LogP contribution in [0.5, 0.6) is 0 Å². The molecule has 1 aromatic heterocycles. The van der Waals surface area contributed by atoms with Gasteiger partial charge in [0, 0.05) is 17.6 Å². The summed E-state index contributed by atoms with van der Waals surface area (Å²) in [5.74, 6) is 0. The first-order valence-electron chi connectivity index (χ1n) is 4.44. The van der Waals surface area contributed by atoms with E-state index in [0.717, 1.165) is 5.56 Å². The predicted octanol–water partition coefficient (Wildman–Crippen LogP) is 1.70. The van der Waals surface area contributed by atoms with Crippen LogP contribution in [0.1, 0.15) is 32.4 Å². The second-order valence-corrected chi connectivity index (χ2v) is 4.20. The fourth-order valence-electron chi connectivity index (χ4n) is 0.985. The molecule has 2 N–H and O–H groups in total. The zero-order valence-corrected chi connectivity index (χ0v) is 8.37. The van der Waals surface area contributed by atoms with Crippen molar-refractivity contribution in [3.05, 3.63) is 24.2 Å². The summed E-state index contributed by atoms with van der Waals surface area (Å²) in [6.07, 6.45) is 2.64. The highest BCUT2D eigenvalue weighted by Crippen LogP contribution is 2.12. The van der Waals surface area contributed by atoms with Crippen molar-refractivity contribution in [2.45, 2.75) is 32.4 Å².